The van der Waals surface area contributed by atoms with Gasteiger partial charge in [0.1, 0.15) is 12.6 Å². The van der Waals surface area contributed by atoms with Crippen LogP contribution in [0.4, 0.5) is 0 Å². The van der Waals surface area contributed by atoms with Crippen LogP contribution in [-0.4, -0.2) is 64.4 Å². The number of carbonyl (C=O) groups is 3. The molecule has 0 aromatic carbocycles. The first kappa shape index (κ1) is 15.2. The zero-order valence-corrected chi connectivity index (χ0v) is 12.9. The molecule has 0 radical (unpaired) electrons. The largest absolute Gasteiger partial charge is 0.465 e. The summed E-state index contributed by atoms with van der Waals surface area (Å²) in [6.07, 6.45) is 1.27. The third-order valence-corrected chi connectivity index (χ3v) is 5.28. The highest BCUT2D eigenvalue weighted by Crippen LogP contribution is 2.47. The topological polar surface area (TPSA) is 66.9 Å². The second-order valence-corrected chi connectivity index (χ2v) is 6.77. The minimum absolute atomic E-state index is 0.0281. The van der Waals surface area contributed by atoms with Gasteiger partial charge in [-0.3, -0.25) is 14.4 Å². The van der Waals surface area contributed by atoms with Gasteiger partial charge in [0, 0.05) is 19.2 Å². The number of nitrogens with zero attached hydrogens (tertiary/aromatic N) is 2. The first-order chi connectivity index (χ1) is 9.39. The average molecular weight is 300 g/mol. The molecule has 2 atom stereocenters. The summed E-state index contributed by atoms with van der Waals surface area (Å²) in [5.74, 6) is 0.00301. The number of ether oxygens (including phenoxy) is 1. The molecule has 6 nitrogen and oxygen atoms in total. The van der Waals surface area contributed by atoms with Gasteiger partial charge < -0.3 is 14.5 Å². The van der Waals surface area contributed by atoms with Gasteiger partial charge in [0.15, 0.2) is 0 Å². The van der Waals surface area contributed by atoms with Crippen LogP contribution in [0.1, 0.15) is 26.7 Å². The Hall–Kier alpha value is -1.24. The van der Waals surface area contributed by atoms with Crippen molar-refractivity contribution in [2.24, 2.45) is 0 Å². The summed E-state index contributed by atoms with van der Waals surface area (Å²) in [6, 6.07) is -0.459. The number of esters is 1. The molecule has 0 saturated carbocycles. The Bertz CT molecular complexity index is 442. The van der Waals surface area contributed by atoms with E-state index < -0.39 is 12.0 Å². The van der Waals surface area contributed by atoms with Crippen LogP contribution in [-0.2, 0) is 19.1 Å². The molecular weight excluding hydrogens is 280 g/mol. The molecular formula is C13H20N2O4S. The Morgan fingerprint density at radius 1 is 1.55 bits per heavy atom. The molecule has 0 bridgehead atoms. The fourth-order valence-corrected chi connectivity index (χ4v) is 4.16. The van der Waals surface area contributed by atoms with Crippen molar-refractivity contribution in [1.82, 2.24) is 9.80 Å². The van der Waals surface area contributed by atoms with Gasteiger partial charge in [0.2, 0.25) is 11.8 Å². The lowest BCUT2D eigenvalue weighted by Crippen LogP contribution is -2.51. The van der Waals surface area contributed by atoms with Gasteiger partial charge in [0.05, 0.1) is 11.5 Å². The second-order valence-electron chi connectivity index (χ2n) is 5.26. The SMILES string of the molecule is CCOC(=O)CN(C)C(=O)C1CSC2(C)CCC(=O)N12. The monoisotopic (exact) mass is 300 g/mol. The van der Waals surface area contributed by atoms with Gasteiger partial charge >= 0.3 is 5.97 Å². The fourth-order valence-electron chi connectivity index (χ4n) is 2.74. The third kappa shape index (κ3) is 2.63. The summed E-state index contributed by atoms with van der Waals surface area (Å²) in [6.45, 7) is 3.94. The summed E-state index contributed by atoms with van der Waals surface area (Å²) in [5.41, 5.74) is 0. The number of carbonyl (C=O) groups excluding carboxylic acids is 3. The first-order valence-corrected chi connectivity index (χ1v) is 7.74. The number of hydrogen-bond donors (Lipinski definition) is 0. The molecule has 20 heavy (non-hydrogen) atoms. The maximum absolute atomic E-state index is 12.4. The average Bonchev–Trinajstić information content (AvgIpc) is 2.86. The lowest BCUT2D eigenvalue weighted by atomic mass is 10.2. The molecule has 0 aromatic rings. The van der Waals surface area contributed by atoms with E-state index in [0.717, 1.165) is 6.42 Å². The molecule has 0 spiro atoms. The maximum Gasteiger partial charge on any atom is 0.325 e. The summed E-state index contributed by atoms with van der Waals surface area (Å²) < 4.78 is 4.83. The zero-order chi connectivity index (χ0) is 14.9. The molecule has 7 heteroatoms. The van der Waals surface area contributed by atoms with E-state index in [1.54, 1.807) is 30.6 Å². The molecule has 2 fully saturated rings. The molecule has 112 valence electrons. The van der Waals surface area contributed by atoms with Crippen LogP contribution in [0.5, 0.6) is 0 Å². The van der Waals surface area contributed by atoms with Crippen molar-refractivity contribution in [3.8, 4) is 0 Å². The highest BCUT2D eigenvalue weighted by molar-refractivity contribution is 8.01. The zero-order valence-electron chi connectivity index (χ0n) is 12.0. The number of fused-ring (bicyclic) bond motifs is 1. The number of thioether (sulfide) groups is 1. The van der Waals surface area contributed by atoms with Crippen molar-refractivity contribution in [3.63, 3.8) is 0 Å². The van der Waals surface area contributed by atoms with E-state index in [4.69, 9.17) is 4.74 Å². The third-order valence-electron chi connectivity index (χ3n) is 3.78. The lowest BCUT2D eigenvalue weighted by molar-refractivity contribution is -0.150. The maximum atomic E-state index is 12.4. The number of amides is 2. The Labute approximate surface area is 122 Å². The van der Waals surface area contributed by atoms with Crippen LogP contribution in [0.2, 0.25) is 0 Å². The van der Waals surface area contributed by atoms with Crippen LogP contribution in [0.3, 0.4) is 0 Å². The van der Waals surface area contributed by atoms with Gasteiger partial charge in [-0.2, -0.15) is 0 Å². The number of likely N-dealkylation sites (N-methyl/N-ethyl adjacent to an activating group) is 1. The molecule has 2 aliphatic heterocycles. The predicted molar refractivity (Wildman–Crippen MR) is 75.0 cm³/mol. The minimum Gasteiger partial charge on any atom is -0.465 e. The Morgan fingerprint density at radius 2 is 2.25 bits per heavy atom. The highest BCUT2D eigenvalue weighted by Gasteiger charge is 2.53. The van der Waals surface area contributed by atoms with Crippen LogP contribution in [0.15, 0.2) is 0 Å². The van der Waals surface area contributed by atoms with Crippen LogP contribution in [0, 0.1) is 0 Å². The summed E-state index contributed by atoms with van der Waals surface area (Å²) >= 11 is 1.64. The first-order valence-electron chi connectivity index (χ1n) is 6.76. The van der Waals surface area contributed by atoms with Crippen LogP contribution < -0.4 is 0 Å². The van der Waals surface area contributed by atoms with Gasteiger partial charge in [0.25, 0.3) is 0 Å². The molecule has 2 aliphatic rings. The van der Waals surface area contributed by atoms with E-state index in [-0.39, 0.29) is 23.2 Å². The molecule has 2 saturated heterocycles. The van der Waals surface area contributed by atoms with Crippen molar-refractivity contribution in [1.29, 1.82) is 0 Å². The number of rotatable bonds is 4. The lowest BCUT2D eigenvalue weighted by Gasteiger charge is -2.31. The van der Waals surface area contributed by atoms with E-state index in [1.807, 2.05) is 6.92 Å². The van der Waals surface area contributed by atoms with Gasteiger partial charge in [-0.1, -0.05) is 0 Å². The Morgan fingerprint density at radius 3 is 2.90 bits per heavy atom. The second kappa shape index (κ2) is 5.63. The Balaban J connectivity index is 2.02. The fraction of sp³-hybridized carbons (Fsp3) is 0.769. The summed E-state index contributed by atoms with van der Waals surface area (Å²) in [5, 5.41) is 0. The van der Waals surface area contributed by atoms with Gasteiger partial charge in [-0.15, -0.1) is 11.8 Å². The Kier molecular flexibility index (Phi) is 4.27. The standard InChI is InChI=1S/C13H20N2O4S/c1-4-19-11(17)7-14(3)12(18)9-8-20-13(2)6-5-10(16)15(9)13/h9H,4-8H2,1-3H3. The van der Waals surface area contributed by atoms with Crippen molar-refractivity contribution < 1.29 is 19.1 Å². The quantitative estimate of drug-likeness (QED) is 0.706. The van der Waals surface area contributed by atoms with Crippen molar-refractivity contribution in [2.45, 2.75) is 37.6 Å². The molecule has 2 rings (SSSR count). The highest BCUT2D eigenvalue weighted by atomic mass is 32.2. The number of hydrogen-bond acceptors (Lipinski definition) is 5. The molecule has 0 N–H and O–H groups in total. The molecule has 2 unspecified atom stereocenters. The molecule has 0 aromatic heterocycles. The van der Waals surface area contributed by atoms with Crippen molar-refractivity contribution in [3.05, 3.63) is 0 Å². The van der Waals surface area contributed by atoms with Crippen LogP contribution in [0.25, 0.3) is 0 Å². The predicted octanol–water partition coefficient (Wildman–Crippen LogP) is 0.462. The minimum atomic E-state index is -0.459. The normalized spacial score (nSPS) is 28.4. The van der Waals surface area contributed by atoms with Gasteiger partial charge in [-0.25, -0.2) is 0 Å². The molecule has 2 amide bonds. The van der Waals surface area contributed by atoms with Crippen molar-refractivity contribution in [2.75, 3.05) is 26.0 Å². The van der Waals surface area contributed by atoms with E-state index >= 15 is 0 Å². The van der Waals surface area contributed by atoms with E-state index in [1.165, 1.54) is 4.90 Å². The smallest absolute Gasteiger partial charge is 0.325 e. The van der Waals surface area contributed by atoms with Crippen LogP contribution >= 0.6 is 11.8 Å². The van der Waals surface area contributed by atoms with Gasteiger partial charge in [-0.05, 0) is 20.3 Å². The van der Waals surface area contributed by atoms with E-state index in [2.05, 4.69) is 0 Å². The summed E-state index contributed by atoms with van der Waals surface area (Å²) in [7, 11) is 1.57. The molecule has 2 heterocycles. The van der Waals surface area contributed by atoms with E-state index in [0.29, 0.717) is 18.8 Å². The van der Waals surface area contributed by atoms with E-state index in [9.17, 15) is 14.4 Å². The molecule has 0 aliphatic carbocycles. The van der Waals surface area contributed by atoms with Crippen molar-refractivity contribution >= 4 is 29.5 Å². The summed E-state index contributed by atoms with van der Waals surface area (Å²) in [4.78, 5) is 38.6.